The third-order valence-electron chi connectivity index (χ3n) is 2.35. The third kappa shape index (κ3) is 2.20. The van der Waals surface area contributed by atoms with Crippen LogP contribution in [0.4, 0.5) is 20.5 Å². The molecule has 0 saturated heterocycles. The van der Waals surface area contributed by atoms with E-state index in [1.165, 1.54) is 6.07 Å². The molecule has 0 bridgehead atoms. The predicted octanol–water partition coefficient (Wildman–Crippen LogP) is 2.22. The van der Waals surface area contributed by atoms with E-state index in [0.717, 1.165) is 6.07 Å². The maximum Gasteiger partial charge on any atom is 0.222 e. The van der Waals surface area contributed by atoms with Crippen LogP contribution in [-0.4, -0.2) is 9.97 Å². The summed E-state index contributed by atoms with van der Waals surface area (Å²) in [5.41, 5.74) is 10.4. The van der Waals surface area contributed by atoms with Crippen LogP contribution in [0.25, 0.3) is 11.3 Å². The summed E-state index contributed by atoms with van der Waals surface area (Å²) >= 11 is 3.07. The molecule has 5 nitrogen and oxygen atoms in total. The second-order valence-electron chi connectivity index (χ2n) is 3.52. The number of aromatic nitrogens is 2. The fourth-order valence-corrected chi connectivity index (χ4v) is 2.03. The Hall–Kier alpha value is -2.27. The first-order chi connectivity index (χ1) is 8.95. The maximum atomic E-state index is 13.9. The summed E-state index contributed by atoms with van der Waals surface area (Å²) in [6.45, 7) is 0. The molecule has 0 aliphatic heterocycles. The number of nitrogens with zero attached hydrogens (tertiary/aromatic N) is 3. The van der Waals surface area contributed by atoms with E-state index in [-0.39, 0.29) is 33.1 Å². The molecule has 0 radical (unpaired) electrons. The number of rotatable bonds is 1. The van der Waals surface area contributed by atoms with Gasteiger partial charge in [0.15, 0.2) is 11.6 Å². The zero-order valence-corrected chi connectivity index (χ0v) is 10.9. The van der Waals surface area contributed by atoms with Gasteiger partial charge in [0.1, 0.15) is 17.5 Å². The highest BCUT2D eigenvalue weighted by Crippen LogP contribution is 2.34. The number of nitrogens with two attached hydrogens (primary N) is 2. The molecule has 8 heteroatoms. The lowest BCUT2D eigenvalue weighted by Crippen LogP contribution is -2.06. The largest absolute Gasteiger partial charge is 0.382 e. The van der Waals surface area contributed by atoms with Crippen LogP contribution in [0.1, 0.15) is 5.56 Å². The highest BCUT2D eigenvalue weighted by Gasteiger charge is 2.21. The van der Waals surface area contributed by atoms with Crippen molar-refractivity contribution in [2.45, 2.75) is 0 Å². The zero-order valence-electron chi connectivity index (χ0n) is 9.28. The minimum Gasteiger partial charge on any atom is -0.382 e. The van der Waals surface area contributed by atoms with Crippen LogP contribution in [0, 0.1) is 23.0 Å². The molecule has 0 spiro atoms. The summed E-state index contributed by atoms with van der Waals surface area (Å²) in [6, 6.07) is 3.99. The van der Waals surface area contributed by atoms with Gasteiger partial charge in [-0.25, -0.2) is 13.8 Å². The van der Waals surface area contributed by atoms with Gasteiger partial charge in [-0.15, -0.1) is 0 Å². The molecule has 0 fully saturated rings. The van der Waals surface area contributed by atoms with Gasteiger partial charge in [0, 0.05) is 4.47 Å². The quantitative estimate of drug-likeness (QED) is 0.783. The normalized spacial score (nSPS) is 10.2. The van der Waals surface area contributed by atoms with Crippen molar-refractivity contribution in [3.63, 3.8) is 0 Å². The average molecular weight is 326 g/mol. The molecule has 1 heterocycles. The number of hydrogen-bond acceptors (Lipinski definition) is 5. The summed E-state index contributed by atoms with van der Waals surface area (Å²) in [4.78, 5) is 7.37. The molecule has 2 rings (SSSR count). The van der Waals surface area contributed by atoms with Crippen LogP contribution < -0.4 is 11.5 Å². The maximum absolute atomic E-state index is 13.9. The smallest absolute Gasteiger partial charge is 0.222 e. The minimum absolute atomic E-state index is 0.156. The molecule has 1 aromatic heterocycles. The Kier molecular flexibility index (Phi) is 3.31. The van der Waals surface area contributed by atoms with Crippen molar-refractivity contribution in [1.29, 1.82) is 5.26 Å². The molecule has 0 aliphatic rings. The Balaban J connectivity index is 2.87. The lowest BCUT2D eigenvalue weighted by molar-refractivity contribution is 0.510. The molecule has 0 saturated carbocycles. The topological polar surface area (TPSA) is 102 Å². The fourth-order valence-electron chi connectivity index (χ4n) is 1.53. The van der Waals surface area contributed by atoms with Crippen molar-refractivity contribution in [3.8, 4) is 17.3 Å². The number of anilines is 2. The number of hydrogen-bond donors (Lipinski definition) is 2. The summed E-state index contributed by atoms with van der Waals surface area (Å²) in [6.07, 6.45) is 0. The molecule has 4 N–H and O–H groups in total. The van der Waals surface area contributed by atoms with Crippen molar-refractivity contribution in [1.82, 2.24) is 9.97 Å². The van der Waals surface area contributed by atoms with Crippen molar-refractivity contribution >= 4 is 27.7 Å². The standard InChI is InChI=1S/C11H6BrF2N5/c12-5-1-2-6(13)8(14)7(5)9-4(3-15)10(16)19-11(17)18-9/h1-2H,(H4,16,17,18,19). The van der Waals surface area contributed by atoms with Crippen LogP contribution in [-0.2, 0) is 0 Å². The Labute approximate surface area is 115 Å². The van der Waals surface area contributed by atoms with Crippen LogP contribution in [0.2, 0.25) is 0 Å². The van der Waals surface area contributed by atoms with Gasteiger partial charge in [0.25, 0.3) is 0 Å². The minimum atomic E-state index is -1.15. The molecule has 96 valence electrons. The third-order valence-corrected chi connectivity index (χ3v) is 3.01. The van der Waals surface area contributed by atoms with Crippen LogP contribution in [0.5, 0.6) is 0 Å². The van der Waals surface area contributed by atoms with Gasteiger partial charge in [-0.2, -0.15) is 10.2 Å². The Morgan fingerprint density at radius 1 is 1.21 bits per heavy atom. The van der Waals surface area contributed by atoms with E-state index in [1.54, 1.807) is 6.07 Å². The first-order valence-corrected chi connectivity index (χ1v) is 5.72. The zero-order chi connectivity index (χ0) is 14.2. The van der Waals surface area contributed by atoms with Gasteiger partial charge in [0.05, 0.1) is 11.3 Å². The predicted molar refractivity (Wildman–Crippen MR) is 68.6 cm³/mol. The molecular formula is C11H6BrF2N5. The molecular weight excluding hydrogens is 320 g/mol. The summed E-state index contributed by atoms with van der Waals surface area (Å²) in [5, 5.41) is 9.02. The van der Waals surface area contributed by atoms with Gasteiger partial charge >= 0.3 is 0 Å². The first kappa shape index (κ1) is 13.2. The fraction of sp³-hybridized carbons (Fsp3) is 0. The molecule has 0 atom stereocenters. The Bertz CT molecular complexity index is 711. The molecule has 2 aromatic rings. The number of nitrogen functional groups attached to an aromatic ring is 2. The second kappa shape index (κ2) is 4.78. The first-order valence-electron chi connectivity index (χ1n) is 4.92. The van der Waals surface area contributed by atoms with E-state index >= 15 is 0 Å². The van der Waals surface area contributed by atoms with Gasteiger partial charge in [-0.1, -0.05) is 0 Å². The molecule has 19 heavy (non-hydrogen) atoms. The Morgan fingerprint density at radius 2 is 1.89 bits per heavy atom. The van der Waals surface area contributed by atoms with Crippen LogP contribution >= 0.6 is 15.9 Å². The van der Waals surface area contributed by atoms with Gasteiger partial charge in [-0.3, -0.25) is 0 Å². The van der Waals surface area contributed by atoms with Crippen molar-refractivity contribution in [2.24, 2.45) is 0 Å². The van der Waals surface area contributed by atoms with E-state index in [9.17, 15) is 8.78 Å². The van der Waals surface area contributed by atoms with Crippen molar-refractivity contribution in [3.05, 3.63) is 33.8 Å². The van der Waals surface area contributed by atoms with Crippen molar-refractivity contribution < 1.29 is 8.78 Å². The van der Waals surface area contributed by atoms with Gasteiger partial charge in [0.2, 0.25) is 5.95 Å². The van der Waals surface area contributed by atoms with Crippen LogP contribution in [0.3, 0.4) is 0 Å². The van der Waals surface area contributed by atoms with Gasteiger partial charge < -0.3 is 11.5 Å². The summed E-state index contributed by atoms with van der Waals surface area (Å²) in [7, 11) is 0. The number of nitriles is 1. The molecule has 0 amide bonds. The Morgan fingerprint density at radius 3 is 2.53 bits per heavy atom. The summed E-state index contributed by atoms with van der Waals surface area (Å²) < 4.78 is 27.4. The van der Waals surface area contributed by atoms with Crippen molar-refractivity contribution in [2.75, 3.05) is 11.5 Å². The van der Waals surface area contributed by atoms with E-state index < -0.39 is 11.6 Å². The molecule has 0 aliphatic carbocycles. The SMILES string of the molecule is N#Cc1c(N)nc(N)nc1-c1c(Br)ccc(F)c1F. The van der Waals surface area contributed by atoms with E-state index in [2.05, 4.69) is 25.9 Å². The van der Waals surface area contributed by atoms with E-state index in [1.807, 2.05) is 0 Å². The lowest BCUT2D eigenvalue weighted by Gasteiger charge is -2.09. The van der Waals surface area contributed by atoms with E-state index in [0.29, 0.717) is 0 Å². The number of halogens is 3. The summed E-state index contributed by atoms with van der Waals surface area (Å²) in [5.74, 6) is -2.65. The monoisotopic (exact) mass is 325 g/mol. The number of benzene rings is 1. The lowest BCUT2D eigenvalue weighted by atomic mass is 10.1. The second-order valence-corrected chi connectivity index (χ2v) is 4.37. The van der Waals surface area contributed by atoms with Gasteiger partial charge in [-0.05, 0) is 28.1 Å². The average Bonchev–Trinajstić information content (AvgIpc) is 2.34. The highest BCUT2D eigenvalue weighted by atomic mass is 79.9. The van der Waals surface area contributed by atoms with Crippen LogP contribution in [0.15, 0.2) is 16.6 Å². The van der Waals surface area contributed by atoms with E-state index in [4.69, 9.17) is 16.7 Å². The molecule has 0 unspecified atom stereocenters. The molecule has 1 aromatic carbocycles. The highest BCUT2D eigenvalue weighted by molar-refractivity contribution is 9.10.